The van der Waals surface area contributed by atoms with Gasteiger partial charge < -0.3 is 14.4 Å². The van der Waals surface area contributed by atoms with Gasteiger partial charge in [-0.05, 0) is 12.8 Å². The summed E-state index contributed by atoms with van der Waals surface area (Å²) in [5.74, 6) is 1.03. The molecule has 0 amide bonds. The number of aryl methyl sites for hydroxylation is 1. The van der Waals surface area contributed by atoms with E-state index in [0.29, 0.717) is 19.7 Å². The zero-order chi connectivity index (χ0) is 13.7. The number of carboxylic acids is 1. The highest BCUT2D eigenvalue weighted by molar-refractivity contribution is 5.69. The molecule has 106 valence electrons. The number of ether oxygens (including phenoxy) is 1. The van der Waals surface area contributed by atoms with E-state index in [9.17, 15) is 4.79 Å². The smallest absolute Gasteiger partial charge is 0.317 e. The number of aromatic nitrogens is 3. The Labute approximate surface area is 112 Å². The van der Waals surface area contributed by atoms with Crippen LogP contribution in [0, 0.1) is 0 Å². The van der Waals surface area contributed by atoms with Crippen LogP contribution in [0.15, 0.2) is 0 Å². The molecule has 0 fully saturated rings. The number of fused-ring (bicyclic) bond motifs is 1. The maximum atomic E-state index is 10.9. The van der Waals surface area contributed by atoms with Crippen LogP contribution in [-0.4, -0.2) is 57.5 Å². The predicted octanol–water partition coefficient (Wildman–Crippen LogP) is 0.147. The quantitative estimate of drug-likeness (QED) is 0.758. The van der Waals surface area contributed by atoms with Gasteiger partial charge in [0.05, 0.1) is 19.7 Å². The first kappa shape index (κ1) is 14.0. The molecule has 1 aliphatic heterocycles. The van der Waals surface area contributed by atoms with Gasteiger partial charge in [0.1, 0.15) is 11.6 Å². The van der Waals surface area contributed by atoms with Crippen LogP contribution >= 0.6 is 0 Å². The first-order valence-electron chi connectivity index (χ1n) is 6.54. The lowest BCUT2D eigenvalue weighted by atomic mass is 10.1. The second kappa shape index (κ2) is 6.63. The molecule has 1 aromatic heterocycles. The van der Waals surface area contributed by atoms with Gasteiger partial charge in [-0.3, -0.25) is 9.69 Å². The van der Waals surface area contributed by atoms with E-state index in [0.717, 1.165) is 37.5 Å². The van der Waals surface area contributed by atoms with Crippen molar-refractivity contribution in [3.8, 4) is 0 Å². The molecule has 0 atom stereocenters. The number of carbonyl (C=O) groups is 1. The van der Waals surface area contributed by atoms with Crippen LogP contribution in [0.4, 0.5) is 0 Å². The van der Waals surface area contributed by atoms with E-state index in [4.69, 9.17) is 9.84 Å². The summed E-state index contributed by atoms with van der Waals surface area (Å²) in [6, 6.07) is 0. The molecule has 0 saturated carbocycles. The van der Waals surface area contributed by atoms with Crippen LogP contribution < -0.4 is 0 Å². The third-order valence-corrected chi connectivity index (χ3v) is 3.27. The molecule has 7 nitrogen and oxygen atoms in total. The van der Waals surface area contributed by atoms with Crippen molar-refractivity contribution in [1.29, 1.82) is 0 Å². The van der Waals surface area contributed by atoms with E-state index >= 15 is 0 Å². The molecule has 2 heterocycles. The number of methoxy groups -OCH3 is 1. The molecule has 0 aromatic carbocycles. The molecule has 0 radical (unpaired) electrons. The number of nitrogens with zero attached hydrogens (tertiary/aromatic N) is 4. The number of hydrogen-bond donors (Lipinski definition) is 1. The van der Waals surface area contributed by atoms with Crippen molar-refractivity contribution in [2.24, 2.45) is 0 Å². The van der Waals surface area contributed by atoms with Crippen molar-refractivity contribution in [3.63, 3.8) is 0 Å². The van der Waals surface area contributed by atoms with Crippen molar-refractivity contribution in [2.45, 2.75) is 32.4 Å². The van der Waals surface area contributed by atoms with E-state index in [2.05, 4.69) is 14.8 Å². The summed E-state index contributed by atoms with van der Waals surface area (Å²) in [6.45, 7) is 2.51. The Balaban J connectivity index is 2.03. The second-order valence-corrected chi connectivity index (χ2v) is 4.74. The normalized spacial score (nSPS) is 14.6. The molecule has 1 N–H and O–H groups in total. The van der Waals surface area contributed by atoms with Crippen LogP contribution in [-0.2, 0) is 29.0 Å². The monoisotopic (exact) mass is 268 g/mol. The molecular formula is C12H20N4O3. The highest BCUT2D eigenvalue weighted by Crippen LogP contribution is 2.15. The number of aliphatic carboxylic acids is 1. The fourth-order valence-electron chi connectivity index (χ4n) is 2.31. The Kier molecular flexibility index (Phi) is 4.86. The van der Waals surface area contributed by atoms with E-state index in [1.165, 1.54) is 0 Å². The molecule has 0 aliphatic carbocycles. The van der Waals surface area contributed by atoms with Crippen molar-refractivity contribution >= 4 is 5.97 Å². The molecule has 1 aliphatic rings. The average Bonchev–Trinajstić information content (AvgIpc) is 2.79. The zero-order valence-electron chi connectivity index (χ0n) is 11.2. The van der Waals surface area contributed by atoms with Crippen LogP contribution in [0.5, 0.6) is 0 Å². The van der Waals surface area contributed by atoms with E-state index in [-0.39, 0.29) is 6.54 Å². The molecule has 2 rings (SSSR count). The predicted molar refractivity (Wildman–Crippen MR) is 67.7 cm³/mol. The third-order valence-electron chi connectivity index (χ3n) is 3.27. The van der Waals surface area contributed by atoms with Crippen molar-refractivity contribution < 1.29 is 14.6 Å². The van der Waals surface area contributed by atoms with Crippen molar-refractivity contribution in [2.75, 3.05) is 26.8 Å². The molecular weight excluding hydrogens is 248 g/mol. The van der Waals surface area contributed by atoms with E-state index in [1.54, 1.807) is 7.11 Å². The first-order valence-corrected chi connectivity index (χ1v) is 6.54. The van der Waals surface area contributed by atoms with E-state index < -0.39 is 5.97 Å². The lowest BCUT2D eigenvalue weighted by molar-refractivity contribution is -0.138. The zero-order valence-corrected chi connectivity index (χ0v) is 11.2. The topological polar surface area (TPSA) is 80.5 Å². The summed E-state index contributed by atoms with van der Waals surface area (Å²) in [4.78, 5) is 12.7. The maximum Gasteiger partial charge on any atom is 0.317 e. The van der Waals surface area contributed by atoms with Crippen LogP contribution in [0.1, 0.15) is 24.5 Å². The molecule has 0 bridgehead atoms. The van der Waals surface area contributed by atoms with Crippen molar-refractivity contribution in [3.05, 3.63) is 11.6 Å². The Morgan fingerprint density at radius 1 is 1.47 bits per heavy atom. The minimum Gasteiger partial charge on any atom is -0.480 e. The lowest BCUT2D eigenvalue weighted by Gasteiger charge is -2.21. The molecule has 0 spiro atoms. The fourth-order valence-corrected chi connectivity index (χ4v) is 2.31. The van der Waals surface area contributed by atoms with Gasteiger partial charge in [-0.1, -0.05) is 0 Å². The van der Waals surface area contributed by atoms with Gasteiger partial charge in [0, 0.05) is 26.6 Å². The Hall–Kier alpha value is -1.47. The largest absolute Gasteiger partial charge is 0.480 e. The van der Waals surface area contributed by atoms with Crippen LogP contribution in [0.25, 0.3) is 0 Å². The Morgan fingerprint density at radius 2 is 2.32 bits per heavy atom. The SMILES string of the molecule is COCCN(CC(=O)O)Cc1nnc2n1CCCC2. The first-order chi connectivity index (χ1) is 9.20. The highest BCUT2D eigenvalue weighted by atomic mass is 16.5. The van der Waals surface area contributed by atoms with Gasteiger partial charge in [0.2, 0.25) is 0 Å². The summed E-state index contributed by atoms with van der Waals surface area (Å²) in [6.07, 6.45) is 3.25. The minimum atomic E-state index is -0.838. The van der Waals surface area contributed by atoms with Gasteiger partial charge in [-0.2, -0.15) is 0 Å². The minimum absolute atomic E-state index is 0.00838. The summed E-state index contributed by atoms with van der Waals surface area (Å²) in [5.41, 5.74) is 0. The molecule has 0 unspecified atom stereocenters. The van der Waals surface area contributed by atoms with Gasteiger partial charge in [-0.25, -0.2) is 0 Å². The molecule has 7 heteroatoms. The van der Waals surface area contributed by atoms with Gasteiger partial charge >= 0.3 is 5.97 Å². The van der Waals surface area contributed by atoms with Crippen molar-refractivity contribution in [1.82, 2.24) is 19.7 Å². The van der Waals surface area contributed by atoms with Crippen LogP contribution in [0.3, 0.4) is 0 Å². The molecule has 19 heavy (non-hydrogen) atoms. The summed E-state index contributed by atoms with van der Waals surface area (Å²) in [5, 5.41) is 17.3. The number of hydrogen-bond acceptors (Lipinski definition) is 5. The Bertz CT molecular complexity index is 433. The fraction of sp³-hybridized carbons (Fsp3) is 0.750. The van der Waals surface area contributed by atoms with Gasteiger partial charge in [0.15, 0.2) is 0 Å². The summed E-state index contributed by atoms with van der Waals surface area (Å²) >= 11 is 0. The van der Waals surface area contributed by atoms with E-state index in [1.807, 2.05) is 4.90 Å². The lowest BCUT2D eigenvalue weighted by Crippen LogP contribution is -2.33. The van der Waals surface area contributed by atoms with Gasteiger partial charge in [-0.15, -0.1) is 10.2 Å². The third kappa shape index (κ3) is 3.74. The number of carboxylic acid groups (broad SMARTS) is 1. The number of rotatable bonds is 7. The Morgan fingerprint density at radius 3 is 3.05 bits per heavy atom. The standard InChI is InChI=1S/C12H20N4O3/c1-19-7-6-15(9-12(17)18)8-11-14-13-10-4-2-3-5-16(10)11/h2-9H2,1H3,(H,17,18). The molecule has 0 saturated heterocycles. The summed E-state index contributed by atoms with van der Waals surface area (Å²) in [7, 11) is 1.61. The maximum absolute atomic E-state index is 10.9. The van der Waals surface area contributed by atoms with Gasteiger partial charge in [0.25, 0.3) is 0 Å². The molecule has 1 aromatic rings. The average molecular weight is 268 g/mol. The highest BCUT2D eigenvalue weighted by Gasteiger charge is 2.18. The van der Waals surface area contributed by atoms with Crippen LogP contribution in [0.2, 0.25) is 0 Å². The summed E-state index contributed by atoms with van der Waals surface area (Å²) < 4.78 is 7.12. The second-order valence-electron chi connectivity index (χ2n) is 4.74.